The second kappa shape index (κ2) is 8.68. The summed E-state index contributed by atoms with van der Waals surface area (Å²) in [4.78, 5) is 4.55. The lowest BCUT2D eigenvalue weighted by Crippen LogP contribution is -2.21. The van der Waals surface area contributed by atoms with Gasteiger partial charge < -0.3 is 4.74 Å². The number of benzene rings is 1. The molecule has 0 saturated carbocycles. The smallest absolute Gasteiger partial charge is 0.268 e. The molecule has 0 aliphatic rings. The Morgan fingerprint density at radius 1 is 1.23 bits per heavy atom. The van der Waals surface area contributed by atoms with E-state index in [0.717, 1.165) is 28.1 Å². The maximum atomic E-state index is 13.4. The third kappa shape index (κ3) is 5.04. The van der Waals surface area contributed by atoms with Crippen LogP contribution >= 0.6 is 15.9 Å². The first-order valence-electron chi connectivity index (χ1n) is 9.77. The number of allylic oxidation sites excluding steroid dienone is 1. The molecule has 0 fully saturated rings. The summed E-state index contributed by atoms with van der Waals surface area (Å²) >= 11 is 3.36. The van der Waals surface area contributed by atoms with Crippen LogP contribution in [0.25, 0.3) is 16.5 Å². The second-order valence-electron chi connectivity index (χ2n) is 8.66. The van der Waals surface area contributed by atoms with E-state index in [1.54, 1.807) is 49.0 Å². The third-order valence-electron chi connectivity index (χ3n) is 4.86. The normalized spacial score (nSPS) is 13.1. The largest absolute Gasteiger partial charge is 0.501 e. The predicted octanol–water partition coefficient (Wildman–Crippen LogP) is 6.06. The molecule has 1 aromatic carbocycles. The highest BCUT2D eigenvalue weighted by atomic mass is 79.9. The molecule has 0 radical (unpaired) electrons. The number of nitrogens with zero attached hydrogens (tertiary/aromatic N) is 2. The molecule has 0 bridgehead atoms. The van der Waals surface area contributed by atoms with Gasteiger partial charge in [-0.2, -0.15) is 0 Å². The van der Waals surface area contributed by atoms with Crippen LogP contribution in [0, 0.1) is 6.92 Å². The number of halogens is 1. The maximum Gasteiger partial charge on any atom is 0.268 e. The molecule has 8 heteroatoms. The van der Waals surface area contributed by atoms with Crippen molar-refractivity contribution in [3.63, 3.8) is 0 Å². The van der Waals surface area contributed by atoms with E-state index in [0.29, 0.717) is 16.7 Å². The summed E-state index contributed by atoms with van der Waals surface area (Å²) in [6.07, 6.45) is 5.07. The number of hydrogen-bond donors (Lipinski definition) is 0. The molecular formula is C22H27BrN2O3SSi. The van der Waals surface area contributed by atoms with Gasteiger partial charge in [0.1, 0.15) is 4.60 Å². The van der Waals surface area contributed by atoms with E-state index in [9.17, 15) is 8.42 Å². The van der Waals surface area contributed by atoms with Crippen molar-refractivity contribution >= 4 is 50.5 Å². The Bertz CT molecular complexity index is 1190. The minimum atomic E-state index is -3.75. The number of fused-ring (bicyclic) bond motifs is 1. The number of pyridine rings is 1. The lowest BCUT2D eigenvalue weighted by Gasteiger charge is -2.14. The zero-order valence-electron chi connectivity index (χ0n) is 17.9. The summed E-state index contributed by atoms with van der Waals surface area (Å²) < 4.78 is 34.4. The second-order valence-corrected chi connectivity index (χ2v) is 16.9. The van der Waals surface area contributed by atoms with Crippen LogP contribution in [0.15, 0.2) is 58.5 Å². The molecule has 0 saturated heterocycles. The minimum Gasteiger partial charge on any atom is -0.501 e. The van der Waals surface area contributed by atoms with E-state index in [2.05, 4.69) is 40.6 Å². The van der Waals surface area contributed by atoms with Crippen molar-refractivity contribution in [2.24, 2.45) is 0 Å². The van der Waals surface area contributed by atoms with E-state index < -0.39 is 18.1 Å². The molecule has 0 aliphatic heterocycles. The first kappa shape index (κ1) is 22.8. The lowest BCUT2D eigenvalue weighted by atomic mass is 10.1. The van der Waals surface area contributed by atoms with Crippen molar-refractivity contribution < 1.29 is 13.2 Å². The van der Waals surface area contributed by atoms with E-state index in [1.807, 2.05) is 13.8 Å². The van der Waals surface area contributed by atoms with Gasteiger partial charge in [0, 0.05) is 31.4 Å². The molecule has 0 unspecified atom stereocenters. The van der Waals surface area contributed by atoms with Crippen LogP contribution in [-0.2, 0) is 14.8 Å². The molecule has 3 rings (SSSR count). The molecule has 2 aromatic heterocycles. The topological polar surface area (TPSA) is 61.2 Å². The molecule has 0 N–H and O–H groups in total. The van der Waals surface area contributed by atoms with E-state index in [-0.39, 0.29) is 4.90 Å². The van der Waals surface area contributed by atoms with Crippen LogP contribution in [0.4, 0.5) is 0 Å². The highest BCUT2D eigenvalue weighted by Crippen LogP contribution is 2.31. The van der Waals surface area contributed by atoms with Gasteiger partial charge in [0.15, 0.2) is 0 Å². The third-order valence-corrected chi connectivity index (χ3v) is 8.68. The van der Waals surface area contributed by atoms with Crippen LogP contribution in [0.5, 0.6) is 0 Å². The number of ether oxygens (including phenoxy) is 1. The van der Waals surface area contributed by atoms with Crippen LogP contribution in [0.1, 0.15) is 18.1 Å². The van der Waals surface area contributed by atoms with Gasteiger partial charge in [0.25, 0.3) is 10.0 Å². The van der Waals surface area contributed by atoms with Gasteiger partial charge >= 0.3 is 0 Å². The number of aromatic nitrogens is 2. The van der Waals surface area contributed by atoms with Gasteiger partial charge in [0.05, 0.1) is 23.3 Å². The van der Waals surface area contributed by atoms with Gasteiger partial charge in [-0.1, -0.05) is 37.3 Å². The molecule has 3 aromatic rings. The summed E-state index contributed by atoms with van der Waals surface area (Å²) in [6.45, 7) is 11.4. The van der Waals surface area contributed by atoms with Crippen LogP contribution in [-0.4, -0.2) is 32.1 Å². The van der Waals surface area contributed by atoms with Gasteiger partial charge in [-0.05, 0) is 59.6 Å². The van der Waals surface area contributed by atoms with Crippen molar-refractivity contribution in [1.82, 2.24) is 8.96 Å². The Hall–Kier alpha value is -1.90. The van der Waals surface area contributed by atoms with Crippen LogP contribution in [0.3, 0.4) is 0 Å². The predicted molar refractivity (Wildman–Crippen MR) is 129 cm³/mol. The fourth-order valence-electron chi connectivity index (χ4n) is 3.02. The summed E-state index contributed by atoms with van der Waals surface area (Å²) in [5.74, 6) is 0. The van der Waals surface area contributed by atoms with E-state index >= 15 is 0 Å². The summed E-state index contributed by atoms with van der Waals surface area (Å²) in [6, 6.07) is 9.66. The first-order chi connectivity index (χ1) is 14.0. The zero-order valence-corrected chi connectivity index (χ0v) is 21.3. The fourth-order valence-corrected chi connectivity index (χ4v) is 5.43. The number of aryl methyl sites for hydroxylation is 1. The summed E-state index contributed by atoms with van der Waals surface area (Å²) in [5.41, 5.74) is 3.22. The molecule has 30 heavy (non-hydrogen) atoms. The molecule has 0 atom stereocenters. The Balaban J connectivity index is 2.05. The van der Waals surface area contributed by atoms with Crippen LogP contribution < -0.4 is 0 Å². The van der Waals surface area contributed by atoms with Gasteiger partial charge in [0.2, 0.25) is 0 Å². The van der Waals surface area contributed by atoms with Crippen molar-refractivity contribution in [2.45, 2.75) is 44.4 Å². The highest BCUT2D eigenvalue weighted by Gasteiger charge is 2.22. The lowest BCUT2D eigenvalue weighted by molar-refractivity contribution is 0.269. The molecule has 160 valence electrons. The molecule has 0 aliphatic carbocycles. The minimum absolute atomic E-state index is 0.248. The van der Waals surface area contributed by atoms with Crippen molar-refractivity contribution in [2.75, 3.05) is 6.61 Å². The van der Waals surface area contributed by atoms with Gasteiger partial charge in [-0.15, -0.1) is 0 Å². The SMILES string of the molecule is C/C(=C/OCC[Si](C)(C)C)c1cn(S(=O)(=O)c2ccc(C)cc2)c2cc(Br)ncc12. The molecule has 0 spiro atoms. The molecule has 0 amide bonds. The Kier molecular flexibility index (Phi) is 6.59. The van der Waals surface area contributed by atoms with Crippen LogP contribution in [0.2, 0.25) is 25.7 Å². The van der Waals surface area contributed by atoms with Gasteiger partial charge in [-0.3, -0.25) is 0 Å². The Morgan fingerprint density at radius 3 is 2.53 bits per heavy atom. The number of rotatable bonds is 7. The van der Waals surface area contributed by atoms with E-state index in [4.69, 9.17) is 4.74 Å². The molecule has 5 nitrogen and oxygen atoms in total. The van der Waals surface area contributed by atoms with Crippen molar-refractivity contribution in [1.29, 1.82) is 0 Å². The monoisotopic (exact) mass is 506 g/mol. The average Bonchev–Trinajstić information content (AvgIpc) is 3.04. The highest BCUT2D eigenvalue weighted by molar-refractivity contribution is 9.10. The molecule has 2 heterocycles. The fraction of sp³-hybridized carbons (Fsp3) is 0.318. The Labute approximate surface area is 188 Å². The summed E-state index contributed by atoms with van der Waals surface area (Å²) in [7, 11) is -4.92. The standard InChI is InChI=1S/C22H27BrN2O3SSi/c1-16-6-8-18(9-7-16)29(26,27)25-14-20(19-13-24-22(23)12-21(19)25)17(2)15-28-10-11-30(3,4)5/h6-9,12-15H,10-11H2,1-5H3/b17-15-. The quantitative estimate of drug-likeness (QED) is 0.169. The Morgan fingerprint density at radius 2 is 1.90 bits per heavy atom. The maximum absolute atomic E-state index is 13.4. The molecular weight excluding hydrogens is 480 g/mol. The van der Waals surface area contributed by atoms with Crippen molar-refractivity contribution in [3.05, 3.63) is 64.7 Å². The van der Waals surface area contributed by atoms with Crippen molar-refractivity contribution in [3.8, 4) is 0 Å². The zero-order chi connectivity index (χ0) is 22.1. The first-order valence-corrected chi connectivity index (χ1v) is 15.7. The summed E-state index contributed by atoms with van der Waals surface area (Å²) in [5, 5.41) is 0.761. The number of hydrogen-bond acceptors (Lipinski definition) is 4. The van der Waals surface area contributed by atoms with Gasteiger partial charge in [-0.25, -0.2) is 17.4 Å². The van der Waals surface area contributed by atoms with E-state index in [1.165, 1.54) is 3.97 Å². The average molecular weight is 508 g/mol.